The summed E-state index contributed by atoms with van der Waals surface area (Å²) in [6.07, 6.45) is 5.30. The number of carboxylic acid groups (broad SMARTS) is 1. The number of hydrogen-bond acceptors (Lipinski definition) is 4. The van der Waals surface area contributed by atoms with Crippen LogP contribution in [-0.2, 0) is 9.59 Å². The highest BCUT2D eigenvalue weighted by molar-refractivity contribution is 7.99. The maximum atomic E-state index is 12.0. The fourth-order valence-corrected chi connectivity index (χ4v) is 3.94. The summed E-state index contributed by atoms with van der Waals surface area (Å²) in [7, 11) is 0. The lowest BCUT2D eigenvalue weighted by Gasteiger charge is -2.36. The van der Waals surface area contributed by atoms with Crippen LogP contribution in [0.25, 0.3) is 0 Å². The summed E-state index contributed by atoms with van der Waals surface area (Å²) in [6.45, 7) is 0.501. The van der Waals surface area contributed by atoms with E-state index in [4.69, 9.17) is 5.11 Å². The van der Waals surface area contributed by atoms with Crippen molar-refractivity contribution in [2.45, 2.75) is 44.6 Å². The Bertz CT molecular complexity index is 337. The zero-order valence-corrected chi connectivity index (χ0v) is 11.9. The molecule has 0 radical (unpaired) electrons. The number of nitrogens with one attached hydrogen (secondary N) is 2. The second kappa shape index (κ2) is 6.61. The van der Waals surface area contributed by atoms with Gasteiger partial charge >= 0.3 is 5.97 Å². The second-order valence-electron chi connectivity index (χ2n) is 5.62. The fraction of sp³-hybridized carbons (Fsp3) is 0.846. The van der Waals surface area contributed by atoms with Crippen LogP contribution in [0.15, 0.2) is 0 Å². The molecule has 2 fully saturated rings. The first-order valence-electron chi connectivity index (χ1n) is 6.92. The summed E-state index contributed by atoms with van der Waals surface area (Å²) in [5, 5.41) is 15.2. The number of hydrogen-bond donors (Lipinski definition) is 3. The van der Waals surface area contributed by atoms with E-state index in [9.17, 15) is 9.59 Å². The van der Waals surface area contributed by atoms with Crippen molar-refractivity contribution in [2.75, 3.05) is 18.2 Å². The Hall–Kier alpha value is -0.750. The molecule has 3 N–H and O–H groups in total. The van der Waals surface area contributed by atoms with Crippen LogP contribution in [0, 0.1) is 5.41 Å². The molecule has 1 unspecified atom stereocenters. The Balaban J connectivity index is 1.88. The molecular weight excluding hydrogens is 264 g/mol. The van der Waals surface area contributed by atoms with Gasteiger partial charge in [-0.25, -0.2) is 0 Å². The summed E-state index contributed by atoms with van der Waals surface area (Å²) in [5.74, 6) is 0.877. The van der Waals surface area contributed by atoms with Crippen LogP contribution in [-0.4, -0.2) is 41.2 Å². The molecule has 1 saturated carbocycles. The SMILES string of the molecule is O=C(O)CC1(CNC(=O)C2CSCN2)CCCCC1. The lowest BCUT2D eigenvalue weighted by atomic mass is 9.71. The van der Waals surface area contributed by atoms with Crippen LogP contribution >= 0.6 is 11.8 Å². The van der Waals surface area contributed by atoms with Gasteiger partial charge in [-0.05, 0) is 18.3 Å². The van der Waals surface area contributed by atoms with E-state index in [2.05, 4.69) is 10.6 Å². The van der Waals surface area contributed by atoms with E-state index in [1.807, 2.05) is 0 Å². The third-order valence-corrected chi connectivity index (χ3v) is 5.05. The quantitative estimate of drug-likeness (QED) is 0.707. The third kappa shape index (κ3) is 4.11. The van der Waals surface area contributed by atoms with Crippen molar-refractivity contribution in [3.63, 3.8) is 0 Å². The molecule has 19 heavy (non-hydrogen) atoms. The number of carbonyl (C=O) groups excluding carboxylic acids is 1. The molecule has 0 aromatic heterocycles. The van der Waals surface area contributed by atoms with Crippen LogP contribution in [0.1, 0.15) is 38.5 Å². The summed E-state index contributed by atoms with van der Waals surface area (Å²) in [6, 6.07) is -0.115. The van der Waals surface area contributed by atoms with Gasteiger partial charge in [-0.3, -0.25) is 14.9 Å². The summed E-state index contributed by atoms with van der Waals surface area (Å²) < 4.78 is 0. The molecule has 6 heteroatoms. The van der Waals surface area contributed by atoms with E-state index in [1.165, 1.54) is 6.42 Å². The van der Waals surface area contributed by atoms with Crippen LogP contribution in [0.5, 0.6) is 0 Å². The van der Waals surface area contributed by atoms with Crippen molar-refractivity contribution >= 4 is 23.6 Å². The Morgan fingerprint density at radius 3 is 2.63 bits per heavy atom. The fourth-order valence-electron chi connectivity index (χ4n) is 3.00. The number of amides is 1. The van der Waals surface area contributed by atoms with Gasteiger partial charge in [-0.2, -0.15) is 0 Å². The second-order valence-corrected chi connectivity index (χ2v) is 6.65. The summed E-state index contributed by atoms with van der Waals surface area (Å²) in [5.41, 5.74) is -0.231. The first kappa shape index (κ1) is 14.7. The van der Waals surface area contributed by atoms with Crippen molar-refractivity contribution in [3.8, 4) is 0 Å². The van der Waals surface area contributed by atoms with Gasteiger partial charge in [0, 0.05) is 18.2 Å². The lowest BCUT2D eigenvalue weighted by Crippen LogP contribution is -2.47. The van der Waals surface area contributed by atoms with Crippen molar-refractivity contribution in [1.82, 2.24) is 10.6 Å². The molecule has 5 nitrogen and oxygen atoms in total. The number of carboxylic acids is 1. The molecule has 1 saturated heterocycles. The zero-order chi connectivity index (χ0) is 13.7. The van der Waals surface area contributed by atoms with Crippen molar-refractivity contribution < 1.29 is 14.7 Å². The first-order valence-corrected chi connectivity index (χ1v) is 8.07. The molecule has 1 heterocycles. The summed E-state index contributed by atoms with van der Waals surface area (Å²) >= 11 is 1.72. The molecule has 1 aliphatic heterocycles. The molecular formula is C13H22N2O3S. The van der Waals surface area contributed by atoms with Gasteiger partial charge in [0.1, 0.15) is 0 Å². The Labute approximate surface area is 117 Å². The number of aliphatic carboxylic acids is 1. The third-order valence-electron chi connectivity index (χ3n) is 4.11. The standard InChI is InChI=1S/C13H22N2O3S/c16-11(17)6-13(4-2-1-3-5-13)8-14-12(18)10-7-19-9-15-10/h10,15H,1-9H2,(H,14,18)(H,16,17). The Kier molecular flexibility index (Phi) is 5.10. The van der Waals surface area contributed by atoms with Gasteiger partial charge in [-0.15, -0.1) is 11.8 Å². The molecule has 2 rings (SSSR count). The normalized spacial score (nSPS) is 26.0. The number of rotatable bonds is 5. The minimum absolute atomic E-state index is 0.0142. The molecule has 0 bridgehead atoms. The van der Waals surface area contributed by atoms with Crippen LogP contribution in [0.4, 0.5) is 0 Å². The number of thioether (sulfide) groups is 1. The van der Waals surface area contributed by atoms with E-state index in [0.29, 0.717) is 6.54 Å². The predicted molar refractivity (Wildman–Crippen MR) is 75.0 cm³/mol. The molecule has 0 spiro atoms. The molecule has 1 atom stereocenters. The van der Waals surface area contributed by atoms with Crippen molar-refractivity contribution in [1.29, 1.82) is 0 Å². The van der Waals surface area contributed by atoms with Gasteiger partial charge in [0.25, 0.3) is 0 Å². The average Bonchev–Trinajstić information content (AvgIpc) is 2.90. The summed E-state index contributed by atoms with van der Waals surface area (Å²) in [4.78, 5) is 23.0. The largest absolute Gasteiger partial charge is 0.481 e. The average molecular weight is 286 g/mol. The minimum atomic E-state index is -0.759. The van der Waals surface area contributed by atoms with Gasteiger partial charge in [0.2, 0.25) is 5.91 Å². The predicted octanol–water partition coefficient (Wildman–Crippen LogP) is 1.19. The van der Waals surface area contributed by atoms with Crippen LogP contribution in [0.2, 0.25) is 0 Å². The van der Waals surface area contributed by atoms with E-state index in [1.54, 1.807) is 11.8 Å². The van der Waals surface area contributed by atoms with Gasteiger partial charge in [-0.1, -0.05) is 19.3 Å². The maximum absolute atomic E-state index is 12.0. The van der Waals surface area contributed by atoms with Gasteiger partial charge in [0.15, 0.2) is 0 Å². The molecule has 1 aliphatic carbocycles. The van der Waals surface area contributed by atoms with E-state index in [-0.39, 0.29) is 23.8 Å². The molecule has 1 amide bonds. The van der Waals surface area contributed by atoms with Gasteiger partial charge in [0.05, 0.1) is 12.5 Å². The number of carbonyl (C=O) groups is 2. The van der Waals surface area contributed by atoms with E-state index >= 15 is 0 Å². The topological polar surface area (TPSA) is 78.4 Å². The highest BCUT2D eigenvalue weighted by atomic mass is 32.2. The maximum Gasteiger partial charge on any atom is 0.303 e. The molecule has 0 aromatic rings. The lowest BCUT2D eigenvalue weighted by molar-refractivity contribution is -0.140. The Morgan fingerprint density at radius 2 is 2.05 bits per heavy atom. The molecule has 0 aromatic carbocycles. The highest BCUT2D eigenvalue weighted by Crippen LogP contribution is 2.38. The smallest absolute Gasteiger partial charge is 0.303 e. The monoisotopic (exact) mass is 286 g/mol. The van der Waals surface area contributed by atoms with Gasteiger partial charge < -0.3 is 10.4 Å². The van der Waals surface area contributed by atoms with Crippen LogP contribution in [0.3, 0.4) is 0 Å². The van der Waals surface area contributed by atoms with Crippen molar-refractivity contribution in [3.05, 3.63) is 0 Å². The Morgan fingerprint density at radius 1 is 1.32 bits per heavy atom. The first-order chi connectivity index (χ1) is 9.11. The highest BCUT2D eigenvalue weighted by Gasteiger charge is 2.35. The van der Waals surface area contributed by atoms with E-state index in [0.717, 1.165) is 37.3 Å². The van der Waals surface area contributed by atoms with Crippen molar-refractivity contribution in [2.24, 2.45) is 5.41 Å². The molecule has 2 aliphatic rings. The zero-order valence-electron chi connectivity index (χ0n) is 11.1. The van der Waals surface area contributed by atoms with Crippen LogP contribution < -0.4 is 10.6 Å². The minimum Gasteiger partial charge on any atom is -0.481 e. The molecule has 108 valence electrons. The van der Waals surface area contributed by atoms with E-state index < -0.39 is 5.97 Å².